The number of nitrogens with one attached hydrogen (secondary N) is 1. The van der Waals surface area contributed by atoms with Gasteiger partial charge in [-0.25, -0.2) is 0 Å². The van der Waals surface area contributed by atoms with Gasteiger partial charge in [0.1, 0.15) is 0 Å². The van der Waals surface area contributed by atoms with E-state index in [1.54, 1.807) is 0 Å². The summed E-state index contributed by atoms with van der Waals surface area (Å²) in [5.74, 6) is -0.0361. The topological polar surface area (TPSA) is 55.1 Å². The van der Waals surface area contributed by atoms with Gasteiger partial charge in [0.2, 0.25) is 0 Å². The van der Waals surface area contributed by atoms with Crippen LogP contribution in [0.15, 0.2) is 36.4 Å². The van der Waals surface area contributed by atoms with E-state index in [0.717, 1.165) is 12.0 Å². The van der Waals surface area contributed by atoms with E-state index in [-0.39, 0.29) is 5.91 Å². The third-order valence-corrected chi connectivity index (χ3v) is 3.95. The van der Waals surface area contributed by atoms with Crippen LogP contribution in [0.2, 0.25) is 0 Å². The van der Waals surface area contributed by atoms with Crippen LogP contribution in [-0.2, 0) is 13.0 Å². The quantitative estimate of drug-likeness (QED) is 0.891. The summed E-state index contributed by atoms with van der Waals surface area (Å²) in [4.78, 5) is 12.1. The van der Waals surface area contributed by atoms with E-state index < -0.39 is 0 Å². The molecule has 0 radical (unpaired) electrons. The molecule has 2 rings (SSSR count). The molecule has 3 nitrogen and oxygen atoms in total. The summed E-state index contributed by atoms with van der Waals surface area (Å²) in [5, 5.41) is 2.98. The summed E-state index contributed by atoms with van der Waals surface area (Å²) >= 11 is 0. The number of hydrogen-bond donors (Lipinski definition) is 2. The molecular weight excluding hydrogens is 272 g/mol. The van der Waals surface area contributed by atoms with Gasteiger partial charge in [0.15, 0.2) is 0 Å². The van der Waals surface area contributed by atoms with Gasteiger partial charge in [0.25, 0.3) is 5.91 Å². The largest absolute Gasteiger partial charge is 0.352 e. The summed E-state index contributed by atoms with van der Waals surface area (Å²) in [6.45, 7) is 7.50. The van der Waals surface area contributed by atoms with Crippen molar-refractivity contribution < 1.29 is 4.79 Å². The molecule has 0 aromatic heterocycles. The molecule has 0 bridgehead atoms. The van der Waals surface area contributed by atoms with Gasteiger partial charge in [-0.15, -0.1) is 0 Å². The minimum absolute atomic E-state index is 0.0361. The molecule has 0 fully saturated rings. The number of nitrogens with two attached hydrogens (primary N) is 1. The minimum atomic E-state index is -0.0361. The van der Waals surface area contributed by atoms with Crippen LogP contribution in [-0.4, -0.2) is 12.5 Å². The van der Waals surface area contributed by atoms with Crippen molar-refractivity contribution in [3.63, 3.8) is 0 Å². The summed E-state index contributed by atoms with van der Waals surface area (Å²) in [6.07, 6.45) is 0.852. The zero-order valence-electron chi connectivity index (χ0n) is 13.6. The molecule has 0 aliphatic rings. The maximum atomic E-state index is 12.1. The van der Waals surface area contributed by atoms with Crippen LogP contribution in [0.4, 0.5) is 0 Å². The highest BCUT2D eigenvalue weighted by Gasteiger charge is 2.07. The molecule has 1 amide bonds. The SMILES string of the molecule is Cc1cc(C)c(CCNC(=O)c2ccc(CN)cc2)c(C)c1. The predicted molar refractivity (Wildman–Crippen MR) is 91.0 cm³/mol. The Hall–Kier alpha value is -2.13. The number of rotatable bonds is 5. The highest BCUT2D eigenvalue weighted by molar-refractivity contribution is 5.94. The van der Waals surface area contributed by atoms with E-state index in [9.17, 15) is 4.79 Å². The fraction of sp³-hybridized carbons (Fsp3) is 0.316. The van der Waals surface area contributed by atoms with Gasteiger partial charge in [-0.05, 0) is 61.6 Å². The fourth-order valence-electron chi connectivity index (χ4n) is 2.80. The molecule has 0 aliphatic carbocycles. The van der Waals surface area contributed by atoms with E-state index in [0.29, 0.717) is 18.7 Å². The van der Waals surface area contributed by atoms with Crippen LogP contribution >= 0.6 is 0 Å². The lowest BCUT2D eigenvalue weighted by atomic mass is 9.97. The Balaban J connectivity index is 1.94. The number of amides is 1. The van der Waals surface area contributed by atoms with Crippen LogP contribution in [0.25, 0.3) is 0 Å². The lowest BCUT2D eigenvalue weighted by Crippen LogP contribution is -2.26. The second-order valence-electron chi connectivity index (χ2n) is 5.78. The molecule has 22 heavy (non-hydrogen) atoms. The third-order valence-electron chi connectivity index (χ3n) is 3.95. The number of hydrogen-bond acceptors (Lipinski definition) is 2. The first-order valence-corrected chi connectivity index (χ1v) is 7.65. The Morgan fingerprint density at radius 1 is 1.05 bits per heavy atom. The zero-order chi connectivity index (χ0) is 16.1. The summed E-state index contributed by atoms with van der Waals surface area (Å²) in [6, 6.07) is 11.8. The Morgan fingerprint density at radius 2 is 1.64 bits per heavy atom. The number of aryl methyl sites for hydroxylation is 3. The molecular formula is C19H24N2O. The first kappa shape index (κ1) is 16.2. The van der Waals surface area contributed by atoms with Crippen LogP contribution in [0.3, 0.4) is 0 Å². The molecule has 0 atom stereocenters. The van der Waals surface area contributed by atoms with E-state index in [1.807, 2.05) is 24.3 Å². The molecule has 2 aromatic rings. The normalized spacial score (nSPS) is 10.5. The summed E-state index contributed by atoms with van der Waals surface area (Å²) < 4.78 is 0. The third kappa shape index (κ3) is 3.95. The van der Waals surface area contributed by atoms with Crippen molar-refractivity contribution in [2.45, 2.75) is 33.7 Å². The van der Waals surface area contributed by atoms with Gasteiger partial charge >= 0.3 is 0 Å². The maximum Gasteiger partial charge on any atom is 0.251 e. The highest BCUT2D eigenvalue weighted by atomic mass is 16.1. The van der Waals surface area contributed by atoms with Gasteiger partial charge in [0, 0.05) is 18.7 Å². The molecule has 0 heterocycles. The van der Waals surface area contributed by atoms with Gasteiger partial charge in [-0.1, -0.05) is 29.8 Å². The molecule has 0 aliphatic heterocycles. The summed E-state index contributed by atoms with van der Waals surface area (Å²) in [5.41, 5.74) is 12.4. The van der Waals surface area contributed by atoms with Crippen molar-refractivity contribution >= 4 is 5.91 Å². The average molecular weight is 296 g/mol. The lowest BCUT2D eigenvalue weighted by molar-refractivity contribution is 0.0954. The van der Waals surface area contributed by atoms with Crippen LogP contribution in [0.5, 0.6) is 0 Å². The van der Waals surface area contributed by atoms with Crippen LogP contribution in [0, 0.1) is 20.8 Å². The molecule has 116 valence electrons. The highest BCUT2D eigenvalue weighted by Crippen LogP contribution is 2.16. The van der Waals surface area contributed by atoms with E-state index in [4.69, 9.17) is 5.73 Å². The Kier molecular flexibility index (Phi) is 5.34. The second kappa shape index (κ2) is 7.23. The minimum Gasteiger partial charge on any atom is -0.352 e. The maximum absolute atomic E-state index is 12.1. The lowest BCUT2D eigenvalue weighted by Gasteiger charge is -2.12. The van der Waals surface area contributed by atoms with E-state index in [2.05, 4.69) is 38.2 Å². The Morgan fingerprint density at radius 3 is 2.18 bits per heavy atom. The van der Waals surface area contributed by atoms with Crippen molar-refractivity contribution in [3.8, 4) is 0 Å². The Bertz CT molecular complexity index is 637. The zero-order valence-corrected chi connectivity index (χ0v) is 13.6. The molecule has 2 aromatic carbocycles. The molecule has 3 heteroatoms. The molecule has 3 N–H and O–H groups in total. The van der Waals surface area contributed by atoms with Crippen LogP contribution < -0.4 is 11.1 Å². The monoisotopic (exact) mass is 296 g/mol. The molecule has 0 spiro atoms. The predicted octanol–water partition coefficient (Wildman–Crippen LogP) is 3.04. The standard InChI is InChI=1S/C19H24N2O/c1-13-10-14(2)18(15(3)11-13)8-9-21-19(22)17-6-4-16(12-20)5-7-17/h4-7,10-11H,8-9,12,20H2,1-3H3,(H,21,22). The van der Waals surface area contributed by atoms with Gasteiger partial charge in [0.05, 0.1) is 0 Å². The van der Waals surface area contributed by atoms with Gasteiger partial charge in [-0.3, -0.25) is 4.79 Å². The average Bonchev–Trinajstić information content (AvgIpc) is 2.49. The summed E-state index contributed by atoms with van der Waals surface area (Å²) in [7, 11) is 0. The van der Waals surface area contributed by atoms with E-state index in [1.165, 1.54) is 22.3 Å². The van der Waals surface area contributed by atoms with Crippen molar-refractivity contribution in [2.75, 3.05) is 6.54 Å². The van der Waals surface area contributed by atoms with Crippen LogP contribution in [0.1, 0.15) is 38.2 Å². The van der Waals surface area contributed by atoms with Gasteiger partial charge < -0.3 is 11.1 Å². The fourth-order valence-corrected chi connectivity index (χ4v) is 2.80. The molecule has 0 saturated heterocycles. The number of benzene rings is 2. The first-order valence-electron chi connectivity index (χ1n) is 7.65. The first-order chi connectivity index (χ1) is 10.5. The van der Waals surface area contributed by atoms with E-state index >= 15 is 0 Å². The van der Waals surface area contributed by atoms with Gasteiger partial charge in [-0.2, -0.15) is 0 Å². The van der Waals surface area contributed by atoms with Crippen molar-refractivity contribution in [1.29, 1.82) is 0 Å². The Labute approximate surface area is 132 Å². The number of carbonyl (C=O) groups excluding carboxylic acids is 1. The molecule has 0 saturated carbocycles. The number of carbonyl (C=O) groups is 1. The van der Waals surface area contributed by atoms with Crippen molar-refractivity contribution in [1.82, 2.24) is 5.32 Å². The second-order valence-corrected chi connectivity index (χ2v) is 5.78. The van der Waals surface area contributed by atoms with Crippen molar-refractivity contribution in [2.24, 2.45) is 5.73 Å². The smallest absolute Gasteiger partial charge is 0.251 e. The van der Waals surface area contributed by atoms with Crippen molar-refractivity contribution in [3.05, 3.63) is 69.8 Å². The molecule has 0 unspecified atom stereocenters.